The molecule has 0 aromatic heterocycles. The molecule has 2 bridgehead atoms. The molecule has 2 rings (SSSR count). The summed E-state index contributed by atoms with van der Waals surface area (Å²) in [5, 5.41) is 3.15. The van der Waals surface area contributed by atoms with Crippen LogP contribution in [-0.2, 0) is 4.79 Å². The predicted molar refractivity (Wildman–Crippen MR) is 59.1 cm³/mol. The van der Waals surface area contributed by atoms with Crippen LogP contribution >= 0.6 is 12.4 Å². The Morgan fingerprint density at radius 1 is 1.24 bits per heavy atom. The van der Waals surface area contributed by atoms with Crippen LogP contribution in [0.2, 0.25) is 0 Å². The van der Waals surface area contributed by atoms with Crippen molar-refractivity contribution in [2.45, 2.75) is 43.9 Å². The van der Waals surface area contributed by atoms with Gasteiger partial charge in [0.25, 0.3) is 0 Å². The van der Waals surface area contributed by atoms with Crippen LogP contribution < -0.4 is 5.32 Å². The summed E-state index contributed by atoms with van der Waals surface area (Å²) in [4.78, 5) is 13.1. The van der Waals surface area contributed by atoms with Gasteiger partial charge in [-0.05, 0) is 25.8 Å². The highest BCUT2D eigenvalue weighted by Gasteiger charge is 2.42. The Morgan fingerprint density at radius 2 is 1.88 bits per heavy atom. The Morgan fingerprint density at radius 3 is 2.53 bits per heavy atom. The molecule has 17 heavy (non-hydrogen) atoms. The van der Waals surface area contributed by atoms with Crippen LogP contribution in [0.4, 0.5) is 13.2 Å². The molecule has 0 saturated carbocycles. The number of carbonyl (C=O) groups excluding carboxylic acids is 1. The third-order valence-electron chi connectivity index (χ3n) is 3.29. The number of alkyl halides is 3. The molecule has 7 heteroatoms. The summed E-state index contributed by atoms with van der Waals surface area (Å²) in [5.74, 6) is -0.760. The first-order chi connectivity index (χ1) is 7.47. The van der Waals surface area contributed by atoms with E-state index >= 15 is 0 Å². The lowest BCUT2D eigenvalue weighted by molar-refractivity contribution is -0.163. The fraction of sp³-hybridized carbons (Fsp3) is 0.900. The van der Waals surface area contributed by atoms with Crippen LogP contribution in [-0.4, -0.2) is 42.2 Å². The maximum absolute atomic E-state index is 12.2. The van der Waals surface area contributed by atoms with Crippen molar-refractivity contribution in [2.75, 3.05) is 13.1 Å². The van der Waals surface area contributed by atoms with E-state index in [1.54, 1.807) is 0 Å². The zero-order chi connectivity index (χ0) is 11.8. The molecule has 3 nitrogen and oxygen atoms in total. The highest BCUT2D eigenvalue weighted by molar-refractivity contribution is 5.85. The normalized spacial score (nSPS) is 28.5. The number of halogens is 4. The van der Waals surface area contributed by atoms with Gasteiger partial charge in [-0.25, -0.2) is 0 Å². The van der Waals surface area contributed by atoms with E-state index in [9.17, 15) is 18.0 Å². The minimum absolute atomic E-state index is 0. The first kappa shape index (κ1) is 14.6. The molecule has 100 valence electrons. The molecule has 2 fully saturated rings. The standard InChI is InChI=1S/C10H15F3N2O.ClH/c11-10(12,13)5-9(16)15-7-1-2-8(15)6-14-4-3-7;/h7-8,14H,1-6H2;1H. The van der Waals surface area contributed by atoms with Crippen molar-refractivity contribution in [1.82, 2.24) is 10.2 Å². The maximum atomic E-state index is 12.2. The molecule has 0 spiro atoms. The van der Waals surface area contributed by atoms with Gasteiger partial charge in [0.2, 0.25) is 5.91 Å². The average molecular weight is 273 g/mol. The number of rotatable bonds is 1. The van der Waals surface area contributed by atoms with E-state index in [0.717, 1.165) is 25.8 Å². The van der Waals surface area contributed by atoms with Gasteiger partial charge in [-0.2, -0.15) is 13.2 Å². The van der Waals surface area contributed by atoms with Gasteiger partial charge < -0.3 is 10.2 Å². The first-order valence-corrected chi connectivity index (χ1v) is 5.56. The Labute approximate surface area is 104 Å². The van der Waals surface area contributed by atoms with Crippen LogP contribution in [0.5, 0.6) is 0 Å². The Hall–Kier alpha value is -0.490. The highest BCUT2D eigenvalue weighted by atomic mass is 35.5. The smallest absolute Gasteiger partial charge is 0.335 e. The monoisotopic (exact) mass is 272 g/mol. The fourth-order valence-electron chi connectivity index (χ4n) is 2.65. The maximum Gasteiger partial charge on any atom is 0.397 e. The molecule has 2 atom stereocenters. The second-order valence-electron chi connectivity index (χ2n) is 4.47. The van der Waals surface area contributed by atoms with E-state index in [0.29, 0.717) is 6.54 Å². The molecule has 0 aromatic carbocycles. The van der Waals surface area contributed by atoms with Crippen molar-refractivity contribution in [1.29, 1.82) is 0 Å². The van der Waals surface area contributed by atoms with Crippen molar-refractivity contribution in [3.8, 4) is 0 Å². The second-order valence-corrected chi connectivity index (χ2v) is 4.47. The number of fused-ring (bicyclic) bond motifs is 2. The fourth-order valence-corrected chi connectivity index (χ4v) is 2.65. The zero-order valence-electron chi connectivity index (χ0n) is 9.29. The SMILES string of the molecule is Cl.O=C(CC(F)(F)F)N1C2CCNCC1CC2. The van der Waals surface area contributed by atoms with Crippen LogP contribution in [0.15, 0.2) is 0 Å². The third kappa shape index (κ3) is 3.48. The summed E-state index contributed by atoms with van der Waals surface area (Å²) < 4.78 is 36.5. The Kier molecular flexibility index (Phi) is 4.66. The van der Waals surface area contributed by atoms with E-state index in [1.807, 2.05) is 0 Å². The lowest BCUT2D eigenvalue weighted by Crippen LogP contribution is -2.44. The molecule has 2 unspecified atom stereocenters. The van der Waals surface area contributed by atoms with E-state index in [2.05, 4.69) is 5.32 Å². The molecular weight excluding hydrogens is 257 g/mol. The van der Waals surface area contributed by atoms with Crippen molar-refractivity contribution in [2.24, 2.45) is 0 Å². The topological polar surface area (TPSA) is 32.3 Å². The average Bonchev–Trinajstić information content (AvgIpc) is 2.36. The Balaban J connectivity index is 0.00000144. The molecule has 1 amide bonds. The van der Waals surface area contributed by atoms with Gasteiger partial charge in [-0.15, -0.1) is 12.4 Å². The quantitative estimate of drug-likeness (QED) is 0.788. The van der Waals surface area contributed by atoms with Crippen LogP contribution in [0.1, 0.15) is 25.7 Å². The summed E-state index contributed by atoms with van der Waals surface area (Å²) in [7, 11) is 0. The largest absolute Gasteiger partial charge is 0.397 e. The number of hydrogen-bond acceptors (Lipinski definition) is 2. The van der Waals surface area contributed by atoms with Gasteiger partial charge in [-0.3, -0.25) is 4.79 Å². The molecular formula is C10H16ClF3N2O. The minimum Gasteiger partial charge on any atom is -0.335 e. The zero-order valence-corrected chi connectivity index (χ0v) is 10.1. The van der Waals surface area contributed by atoms with E-state index in [-0.39, 0.29) is 24.5 Å². The molecule has 2 heterocycles. The van der Waals surface area contributed by atoms with Gasteiger partial charge in [0.05, 0.1) is 0 Å². The van der Waals surface area contributed by atoms with Crippen molar-refractivity contribution in [3.05, 3.63) is 0 Å². The van der Waals surface area contributed by atoms with Crippen LogP contribution in [0, 0.1) is 0 Å². The van der Waals surface area contributed by atoms with Crippen molar-refractivity contribution in [3.63, 3.8) is 0 Å². The van der Waals surface area contributed by atoms with Gasteiger partial charge in [0.1, 0.15) is 6.42 Å². The highest BCUT2D eigenvalue weighted by Crippen LogP contribution is 2.31. The van der Waals surface area contributed by atoms with Crippen molar-refractivity contribution >= 4 is 18.3 Å². The molecule has 1 N–H and O–H groups in total. The van der Waals surface area contributed by atoms with Gasteiger partial charge in [0.15, 0.2) is 0 Å². The summed E-state index contributed by atoms with van der Waals surface area (Å²) in [6.45, 7) is 1.41. The van der Waals surface area contributed by atoms with Gasteiger partial charge in [0, 0.05) is 18.6 Å². The molecule has 0 aliphatic carbocycles. The minimum atomic E-state index is -4.39. The summed E-state index contributed by atoms with van der Waals surface area (Å²) in [6.07, 6.45) is -3.28. The van der Waals surface area contributed by atoms with Gasteiger partial charge in [-0.1, -0.05) is 0 Å². The molecule has 2 saturated heterocycles. The number of hydrogen-bond donors (Lipinski definition) is 1. The van der Waals surface area contributed by atoms with E-state index in [4.69, 9.17) is 0 Å². The van der Waals surface area contributed by atoms with E-state index in [1.165, 1.54) is 4.90 Å². The molecule has 2 aliphatic rings. The number of carbonyl (C=O) groups is 1. The van der Waals surface area contributed by atoms with Crippen molar-refractivity contribution < 1.29 is 18.0 Å². The molecule has 0 radical (unpaired) electrons. The van der Waals surface area contributed by atoms with Gasteiger partial charge >= 0.3 is 6.18 Å². The first-order valence-electron chi connectivity index (χ1n) is 5.56. The second kappa shape index (κ2) is 5.44. The van der Waals surface area contributed by atoms with E-state index < -0.39 is 18.5 Å². The number of amides is 1. The number of nitrogens with one attached hydrogen (secondary N) is 1. The lowest BCUT2D eigenvalue weighted by atomic mass is 10.1. The van der Waals surface area contributed by atoms with Crippen LogP contribution in [0.25, 0.3) is 0 Å². The summed E-state index contributed by atoms with van der Waals surface area (Å²) in [6, 6.07) is -0.0304. The summed E-state index contributed by atoms with van der Waals surface area (Å²) in [5.41, 5.74) is 0. The Bertz CT molecular complexity index is 271. The molecule has 2 aliphatic heterocycles. The van der Waals surface area contributed by atoms with Crippen LogP contribution in [0.3, 0.4) is 0 Å². The third-order valence-corrected chi connectivity index (χ3v) is 3.29. The number of nitrogens with zero attached hydrogens (tertiary/aromatic N) is 1. The molecule has 0 aromatic rings. The predicted octanol–water partition coefficient (Wildman–Crippen LogP) is 1.71. The lowest BCUT2D eigenvalue weighted by Gasteiger charge is -2.28. The summed E-state index contributed by atoms with van der Waals surface area (Å²) >= 11 is 0.